The smallest absolute Gasteiger partial charge is 0.192 e. The molecular weight excluding hydrogens is 271 g/mol. The average molecular weight is 278 g/mol. The molecule has 0 bridgehead atoms. The van der Waals surface area contributed by atoms with Gasteiger partial charge in [0, 0.05) is 5.33 Å². The van der Waals surface area contributed by atoms with Crippen molar-refractivity contribution in [3.05, 3.63) is 34.4 Å². The second-order valence-electron chi connectivity index (χ2n) is 3.05. The first-order valence-electron chi connectivity index (χ1n) is 4.07. The molecule has 0 aromatic heterocycles. The normalized spacial score (nSPS) is 11.2. The lowest BCUT2D eigenvalue weighted by atomic mass is 10.0. The van der Waals surface area contributed by atoms with Crippen LogP contribution >= 0.6 is 15.9 Å². The number of rotatable bonds is 1. The van der Waals surface area contributed by atoms with Gasteiger partial charge in [-0.2, -0.15) is 18.4 Å². The van der Waals surface area contributed by atoms with Crippen LogP contribution in [0.3, 0.4) is 0 Å². The van der Waals surface area contributed by atoms with Crippen molar-refractivity contribution in [3.63, 3.8) is 0 Å². The molecule has 80 valence electrons. The van der Waals surface area contributed by atoms with Crippen LogP contribution in [0.5, 0.6) is 0 Å². The molecule has 0 aliphatic rings. The van der Waals surface area contributed by atoms with E-state index in [0.29, 0.717) is 16.5 Å². The van der Waals surface area contributed by atoms with E-state index in [-0.39, 0.29) is 5.56 Å². The minimum absolute atomic E-state index is 0.0688. The highest BCUT2D eigenvalue weighted by molar-refractivity contribution is 9.08. The standard InChI is InChI=1S/C10H7BrF3N/c1-6-7(4-11)2-9(10(12,13)14)3-8(6)5-15/h2-3H,4H2,1H3. The van der Waals surface area contributed by atoms with E-state index in [1.165, 1.54) is 0 Å². The van der Waals surface area contributed by atoms with E-state index >= 15 is 0 Å². The Labute approximate surface area is 93.6 Å². The second kappa shape index (κ2) is 4.23. The summed E-state index contributed by atoms with van der Waals surface area (Å²) in [6.07, 6.45) is -4.41. The molecule has 0 aliphatic carbocycles. The van der Waals surface area contributed by atoms with E-state index in [2.05, 4.69) is 15.9 Å². The SMILES string of the molecule is Cc1c(C#N)cc(C(F)(F)F)cc1CBr. The van der Waals surface area contributed by atoms with Gasteiger partial charge in [0.05, 0.1) is 17.2 Å². The highest BCUT2D eigenvalue weighted by Gasteiger charge is 2.31. The van der Waals surface area contributed by atoms with Crippen LogP contribution in [0.1, 0.15) is 22.3 Å². The zero-order valence-electron chi connectivity index (χ0n) is 7.82. The molecule has 1 aromatic carbocycles. The summed E-state index contributed by atoms with van der Waals surface area (Å²) >= 11 is 3.10. The number of halogens is 4. The first-order valence-corrected chi connectivity index (χ1v) is 5.19. The molecule has 0 unspecified atom stereocenters. The number of hydrogen-bond donors (Lipinski definition) is 0. The van der Waals surface area contributed by atoms with E-state index in [1.807, 2.05) is 0 Å². The summed E-state index contributed by atoms with van der Waals surface area (Å²) in [7, 11) is 0. The quantitative estimate of drug-likeness (QED) is 0.717. The van der Waals surface area contributed by atoms with Crippen molar-refractivity contribution in [2.45, 2.75) is 18.4 Å². The van der Waals surface area contributed by atoms with Crippen LogP contribution in [0.25, 0.3) is 0 Å². The van der Waals surface area contributed by atoms with Crippen molar-refractivity contribution in [2.75, 3.05) is 0 Å². The van der Waals surface area contributed by atoms with Crippen LogP contribution in [0, 0.1) is 18.3 Å². The fourth-order valence-electron chi connectivity index (χ4n) is 1.19. The van der Waals surface area contributed by atoms with Crippen LogP contribution < -0.4 is 0 Å². The molecule has 1 aromatic rings. The lowest BCUT2D eigenvalue weighted by Gasteiger charge is -2.11. The Bertz CT molecular complexity index is 418. The van der Waals surface area contributed by atoms with Crippen molar-refractivity contribution >= 4 is 15.9 Å². The van der Waals surface area contributed by atoms with Gasteiger partial charge in [-0.15, -0.1) is 0 Å². The van der Waals surface area contributed by atoms with Gasteiger partial charge >= 0.3 is 6.18 Å². The Morgan fingerprint density at radius 1 is 1.40 bits per heavy atom. The Hall–Kier alpha value is -1.02. The fourth-order valence-corrected chi connectivity index (χ4v) is 1.78. The van der Waals surface area contributed by atoms with Gasteiger partial charge in [0.15, 0.2) is 0 Å². The number of alkyl halides is 4. The first-order chi connectivity index (χ1) is 6.90. The summed E-state index contributed by atoms with van der Waals surface area (Å²) in [5.41, 5.74) is 0.363. The highest BCUT2D eigenvalue weighted by Crippen LogP contribution is 2.32. The predicted molar refractivity (Wildman–Crippen MR) is 53.5 cm³/mol. The maximum atomic E-state index is 12.4. The number of benzene rings is 1. The van der Waals surface area contributed by atoms with Gasteiger partial charge < -0.3 is 0 Å². The van der Waals surface area contributed by atoms with Gasteiger partial charge in [0.1, 0.15) is 0 Å². The molecule has 0 saturated carbocycles. The minimum Gasteiger partial charge on any atom is -0.192 e. The third kappa shape index (κ3) is 2.51. The largest absolute Gasteiger partial charge is 0.416 e. The minimum atomic E-state index is -4.41. The predicted octanol–water partition coefficient (Wildman–Crippen LogP) is 3.78. The van der Waals surface area contributed by atoms with Crippen molar-refractivity contribution in [1.82, 2.24) is 0 Å². The van der Waals surface area contributed by atoms with Crippen LogP contribution in [0.4, 0.5) is 13.2 Å². The molecule has 15 heavy (non-hydrogen) atoms. The molecule has 0 radical (unpaired) electrons. The molecule has 0 aliphatic heterocycles. The van der Waals surface area contributed by atoms with Crippen molar-refractivity contribution in [3.8, 4) is 6.07 Å². The molecular formula is C10H7BrF3N. The topological polar surface area (TPSA) is 23.8 Å². The van der Waals surface area contributed by atoms with E-state index in [9.17, 15) is 13.2 Å². The van der Waals surface area contributed by atoms with Gasteiger partial charge in [0.2, 0.25) is 0 Å². The molecule has 0 atom stereocenters. The second-order valence-corrected chi connectivity index (χ2v) is 3.61. The van der Waals surface area contributed by atoms with Crippen LogP contribution in [-0.4, -0.2) is 0 Å². The van der Waals surface area contributed by atoms with Crippen LogP contribution in [-0.2, 0) is 11.5 Å². The zero-order valence-corrected chi connectivity index (χ0v) is 9.41. The molecule has 0 N–H and O–H groups in total. The summed E-state index contributed by atoms with van der Waals surface area (Å²) in [6, 6.07) is 3.70. The molecule has 0 fully saturated rings. The van der Waals surface area contributed by atoms with E-state index < -0.39 is 11.7 Å². The summed E-state index contributed by atoms with van der Waals surface area (Å²) in [5.74, 6) is 0. The lowest BCUT2D eigenvalue weighted by Crippen LogP contribution is -2.07. The maximum Gasteiger partial charge on any atom is 0.416 e. The van der Waals surface area contributed by atoms with Crippen molar-refractivity contribution in [1.29, 1.82) is 5.26 Å². The summed E-state index contributed by atoms with van der Waals surface area (Å²) in [4.78, 5) is 0. The third-order valence-corrected chi connectivity index (χ3v) is 2.71. The van der Waals surface area contributed by atoms with E-state index in [1.54, 1.807) is 13.0 Å². The van der Waals surface area contributed by atoms with Gasteiger partial charge in [-0.05, 0) is 30.2 Å². The third-order valence-electron chi connectivity index (χ3n) is 2.11. The molecule has 5 heteroatoms. The summed E-state index contributed by atoms with van der Waals surface area (Å²) in [6.45, 7) is 1.63. The molecule has 0 saturated heterocycles. The Morgan fingerprint density at radius 2 is 2.00 bits per heavy atom. The van der Waals surface area contributed by atoms with E-state index in [4.69, 9.17) is 5.26 Å². The summed E-state index contributed by atoms with van der Waals surface area (Å²) < 4.78 is 37.3. The zero-order chi connectivity index (χ0) is 11.6. The molecule has 0 heterocycles. The Morgan fingerprint density at radius 3 is 2.40 bits per heavy atom. The molecule has 0 amide bonds. The summed E-state index contributed by atoms with van der Waals surface area (Å²) in [5, 5.41) is 9.00. The van der Waals surface area contributed by atoms with Crippen LogP contribution in [0.2, 0.25) is 0 Å². The van der Waals surface area contributed by atoms with Gasteiger partial charge in [-0.1, -0.05) is 15.9 Å². The molecule has 0 spiro atoms. The van der Waals surface area contributed by atoms with Crippen molar-refractivity contribution in [2.24, 2.45) is 0 Å². The van der Waals surface area contributed by atoms with Gasteiger partial charge in [-0.25, -0.2) is 0 Å². The maximum absolute atomic E-state index is 12.4. The number of nitrogens with zero attached hydrogens (tertiary/aromatic N) is 1. The first kappa shape index (κ1) is 12.1. The lowest BCUT2D eigenvalue weighted by molar-refractivity contribution is -0.137. The Kier molecular flexibility index (Phi) is 3.40. The Balaban J connectivity index is 3.42. The van der Waals surface area contributed by atoms with Crippen LogP contribution in [0.15, 0.2) is 12.1 Å². The van der Waals surface area contributed by atoms with Gasteiger partial charge in [-0.3, -0.25) is 0 Å². The fraction of sp³-hybridized carbons (Fsp3) is 0.300. The number of hydrogen-bond acceptors (Lipinski definition) is 1. The number of nitriles is 1. The van der Waals surface area contributed by atoms with E-state index in [0.717, 1.165) is 12.1 Å². The highest BCUT2D eigenvalue weighted by atomic mass is 79.9. The van der Waals surface area contributed by atoms with Gasteiger partial charge in [0.25, 0.3) is 0 Å². The van der Waals surface area contributed by atoms with Crippen molar-refractivity contribution < 1.29 is 13.2 Å². The average Bonchev–Trinajstić information content (AvgIpc) is 2.16. The molecule has 1 nitrogen and oxygen atoms in total. The monoisotopic (exact) mass is 277 g/mol. The molecule has 1 rings (SSSR count).